The van der Waals surface area contributed by atoms with Crippen LogP contribution in [-0.2, 0) is 22.5 Å². The number of rotatable bonds is 12. The summed E-state index contributed by atoms with van der Waals surface area (Å²) in [6, 6.07) is 9.45. The van der Waals surface area contributed by atoms with E-state index in [0.717, 1.165) is 68.6 Å². The predicted octanol–water partition coefficient (Wildman–Crippen LogP) is 4.86. The number of anilines is 1. The Morgan fingerprint density at radius 2 is 1.89 bits per heavy atom. The summed E-state index contributed by atoms with van der Waals surface area (Å²) in [6.07, 6.45) is 11.5. The number of likely N-dealkylation sites (tertiary alicyclic amines) is 1. The Bertz CT molecular complexity index is 1290. The van der Waals surface area contributed by atoms with Crippen molar-refractivity contribution >= 4 is 17.6 Å². The molecule has 46 heavy (non-hydrogen) atoms. The topological polar surface area (TPSA) is 99.3 Å². The number of pyridine rings is 1. The van der Waals surface area contributed by atoms with E-state index in [1.807, 2.05) is 42.2 Å². The van der Waals surface area contributed by atoms with Crippen molar-refractivity contribution in [2.45, 2.75) is 83.0 Å². The molecular weight excluding hydrogens is 580 g/mol. The summed E-state index contributed by atoms with van der Waals surface area (Å²) in [7, 11) is 2.06. The summed E-state index contributed by atoms with van der Waals surface area (Å²) in [6.45, 7) is 12.5. The van der Waals surface area contributed by atoms with E-state index >= 15 is 0 Å². The quantitative estimate of drug-likeness (QED) is 0.255. The molecular formula is C36H52N6O4. The van der Waals surface area contributed by atoms with Crippen LogP contribution < -0.4 is 15.4 Å². The monoisotopic (exact) mass is 632 g/mol. The van der Waals surface area contributed by atoms with E-state index in [1.54, 1.807) is 12.4 Å². The third-order valence-electron chi connectivity index (χ3n) is 9.34. The van der Waals surface area contributed by atoms with Crippen molar-refractivity contribution in [2.24, 2.45) is 0 Å². The molecule has 3 heterocycles. The highest BCUT2D eigenvalue weighted by atomic mass is 16.5. The average Bonchev–Trinajstić information content (AvgIpc) is 3.57. The lowest BCUT2D eigenvalue weighted by atomic mass is 9.96. The number of hydrogen-bond acceptors (Lipinski definition) is 7. The highest BCUT2D eigenvalue weighted by molar-refractivity contribution is 5.90. The number of hydrogen-bond donors (Lipinski definition) is 2. The molecule has 1 aromatic heterocycles. The van der Waals surface area contributed by atoms with E-state index in [-0.39, 0.29) is 36.5 Å². The molecule has 2 aromatic rings. The van der Waals surface area contributed by atoms with Crippen LogP contribution in [0, 0.1) is 0 Å². The lowest BCUT2D eigenvalue weighted by Gasteiger charge is -2.32. The fourth-order valence-corrected chi connectivity index (χ4v) is 6.68. The fraction of sp³-hybridized carbons (Fsp3) is 0.583. The van der Waals surface area contributed by atoms with Gasteiger partial charge < -0.3 is 29.9 Å². The van der Waals surface area contributed by atoms with Gasteiger partial charge in [-0.05, 0) is 94.2 Å². The number of aromatic nitrogens is 1. The first-order chi connectivity index (χ1) is 22.3. The SMILES string of the molecule is C=C1CN([C@@H](C)COCCN2CCCC2)C(=O)Cc2cc(NC(=O)NC3CCCCC3)ccc2O[C@H]1CN(C)Cc1ccncc1. The minimum Gasteiger partial charge on any atom is -0.484 e. The zero-order chi connectivity index (χ0) is 32.3. The smallest absolute Gasteiger partial charge is 0.319 e. The molecule has 1 aromatic carbocycles. The molecule has 2 atom stereocenters. The molecule has 0 unspecified atom stereocenters. The molecule has 10 nitrogen and oxygen atoms in total. The van der Waals surface area contributed by atoms with Gasteiger partial charge in [-0.1, -0.05) is 25.8 Å². The van der Waals surface area contributed by atoms with Crippen molar-refractivity contribution in [3.8, 4) is 5.75 Å². The van der Waals surface area contributed by atoms with Gasteiger partial charge >= 0.3 is 6.03 Å². The molecule has 1 saturated carbocycles. The van der Waals surface area contributed by atoms with Crippen LogP contribution in [0.1, 0.15) is 63.0 Å². The van der Waals surface area contributed by atoms with Crippen LogP contribution in [0.2, 0.25) is 0 Å². The van der Waals surface area contributed by atoms with E-state index in [4.69, 9.17) is 9.47 Å². The van der Waals surface area contributed by atoms with Crippen molar-refractivity contribution in [2.75, 3.05) is 58.3 Å². The molecule has 0 bridgehead atoms. The molecule has 5 rings (SSSR count). The summed E-state index contributed by atoms with van der Waals surface area (Å²) in [5, 5.41) is 6.10. The highest BCUT2D eigenvalue weighted by Gasteiger charge is 2.29. The molecule has 1 saturated heterocycles. The van der Waals surface area contributed by atoms with Gasteiger partial charge in [0.2, 0.25) is 5.91 Å². The Morgan fingerprint density at radius 1 is 1.13 bits per heavy atom. The van der Waals surface area contributed by atoms with Crippen LogP contribution in [-0.4, -0.2) is 103 Å². The number of amides is 3. The second kappa shape index (κ2) is 16.9. The summed E-state index contributed by atoms with van der Waals surface area (Å²) in [5.41, 5.74) is 3.37. The number of carbonyl (C=O) groups is 2. The number of carbonyl (C=O) groups excluding carboxylic acids is 2. The van der Waals surface area contributed by atoms with Gasteiger partial charge in [-0.3, -0.25) is 14.7 Å². The van der Waals surface area contributed by atoms with Gasteiger partial charge in [0.25, 0.3) is 0 Å². The van der Waals surface area contributed by atoms with Crippen molar-refractivity contribution in [1.29, 1.82) is 0 Å². The zero-order valence-electron chi connectivity index (χ0n) is 27.7. The number of nitrogens with one attached hydrogen (secondary N) is 2. The van der Waals surface area contributed by atoms with Crippen LogP contribution in [0.15, 0.2) is 54.9 Å². The lowest BCUT2D eigenvalue weighted by Crippen LogP contribution is -2.45. The summed E-state index contributed by atoms with van der Waals surface area (Å²) in [5.74, 6) is 0.614. The third-order valence-corrected chi connectivity index (χ3v) is 9.34. The van der Waals surface area contributed by atoms with Crippen molar-refractivity contribution in [3.05, 3.63) is 66.0 Å². The minimum atomic E-state index is -0.351. The average molecular weight is 633 g/mol. The maximum Gasteiger partial charge on any atom is 0.319 e. The Balaban J connectivity index is 1.30. The second-order valence-corrected chi connectivity index (χ2v) is 13.2. The summed E-state index contributed by atoms with van der Waals surface area (Å²) >= 11 is 0. The van der Waals surface area contributed by atoms with Crippen LogP contribution >= 0.6 is 0 Å². The van der Waals surface area contributed by atoms with Gasteiger partial charge in [-0.2, -0.15) is 0 Å². The first kappa shape index (κ1) is 33.9. The zero-order valence-corrected chi connectivity index (χ0v) is 27.7. The van der Waals surface area contributed by atoms with E-state index in [9.17, 15) is 9.59 Å². The van der Waals surface area contributed by atoms with Gasteiger partial charge in [0.05, 0.1) is 25.7 Å². The molecule has 3 aliphatic rings. The molecule has 3 amide bonds. The van der Waals surface area contributed by atoms with E-state index in [0.29, 0.717) is 37.7 Å². The summed E-state index contributed by atoms with van der Waals surface area (Å²) in [4.78, 5) is 37.4. The van der Waals surface area contributed by atoms with Gasteiger partial charge in [-0.15, -0.1) is 0 Å². The molecule has 2 fully saturated rings. The van der Waals surface area contributed by atoms with Gasteiger partial charge in [0.1, 0.15) is 11.9 Å². The van der Waals surface area contributed by atoms with Crippen LogP contribution in [0.3, 0.4) is 0 Å². The first-order valence-electron chi connectivity index (χ1n) is 17.1. The predicted molar refractivity (Wildman–Crippen MR) is 181 cm³/mol. The number of urea groups is 1. The third kappa shape index (κ3) is 10.0. The Kier molecular flexibility index (Phi) is 12.4. The molecule has 2 N–H and O–H groups in total. The number of nitrogens with zero attached hydrogens (tertiary/aromatic N) is 4. The molecule has 0 radical (unpaired) electrons. The van der Waals surface area contributed by atoms with Crippen LogP contribution in [0.5, 0.6) is 5.75 Å². The van der Waals surface area contributed by atoms with Gasteiger partial charge in [0, 0.05) is 55.9 Å². The first-order valence-corrected chi connectivity index (χ1v) is 17.1. The Hall–Kier alpha value is -3.47. The normalized spacial score (nSPS) is 20.4. The molecule has 250 valence electrons. The lowest BCUT2D eigenvalue weighted by molar-refractivity contribution is -0.133. The van der Waals surface area contributed by atoms with Crippen LogP contribution in [0.25, 0.3) is 0 Å². The van der Waals surface area contributed by atoms with E-state index < -0.39 is 0 Å². The minimum absolute atomic E-state index is 0.0174. The Morgan fingerprint density at radius 3 is 2.65 bits per heavy atom. The number of benzene rings is 1. The van der Waals surface area contributed by atoms with Crippen molar-refractivity contribution in [1.82, 2.24) is 25.0 Å². The highest BCUT2D eigenvalue weighted by Crippen LogP contribution is 2.29. The van der Waals surface area contributed by atoms with Crippen molar-refractivity contribution in [3.63, 3.8) is 0 Å². The fourth-order valence-electron chi connectivity index (χ4n) is 6.68. The number of fused-ring (bicyclic) bond motifs is 1. The van der Waals surface area contributed by atoms with E-state index in [1.165, 1.54) is 19.3 Å². The standard InChI is InChI=1S/C36H52N6O4/c1-27-23-42(28(2)26-45-20-19-41-17-7-8-18-41)35(43)22-30-21-32(39-36(44)38-31-9-5-4-6-10-31)11-12-33(30)46-34(27)25-40(3)24-29-13-15-37-16-14-29/h11-16,21,28,31,34H,1,4-10,17-20,22-26H2,2-3H3,(H2,38,39,44)/t28-,34-/m0/s1. The molecule has 10 heteroatoms. The largest absolute Gasteiger partial charge is 0.484 e. The maximum absolute atomic E-state index is 13.9. The van der Waals surface area contributed by atoms with Crippen LogP contribution in [0.4, 0.5) is 10.5 Å². The second-order valence-electron chi connectivity index (χ2n) is 13.2. The number of ether oxygens (including phenoxy) is 2. The molecule has 2 aliphatic heterocycles. The molecule has 0 spiro atoms. The van der Waals surface area contributed by atoms with Crippen molar-refractivity contribution < 1.29 is 19.1 Å². The number of likely N-dealkylation sites (N-methyl/N-ethyl adjacent to an activating group) is 1. The Labute approximate surface area is 274 Å². The molecule has 1 aliphatic carbocycles. The van der Waals surface area contributed by atoms with E-state index in [2.05, 4.69) is 39.0 Å². The maximum atomic E-state index is 13.9. The van der Waals surface area contributed by atoms with Gasteiger partial charge in [-0.25, -0.2) is 4.79 Å². The van der Waals surface area contributed by atoms with Gasteiger partial charge in [0.15, 0.2) is 0 Å². The summed E-state index contributed by atoms with van der Waals surface area (Å²) < 4.78 is 12.7.